The van der Waals surface area contributed by atoms with Crippen molar-refractivity contribution < 1.29 is 14.6 Å². The first-order valence-corrected chi connectivity index (χ1v) is 5.10. The second-order valence-corrected chi connectivity index (χ2v) is 4.31. The first kappa shape index (κ1) is 12.5. The van der Waals surface area contributed by atoms with Gasteiger partial charge < -0.3 is 15.2 Å². The smallest absolute Gasteiger partial charge is 0.221 e. The van der Waals surface area contributed by atoms with E-state index in [4.69, 9.17) is 4.74 Å². The third-order valence-corrected chi connectivity index (χ3v) is 1.75. The number of amides is 1. The third-order valence-electron chi connectivity index (χ3n) is 1.75. The summed E-state index contributed by atoms with van der Waals surface area (Å²) in [7, 11) is 0. The fraction of sp³-hybridized carbons (Fsp3) is 0.417. The third kappa shape index (κ3) is 4.79. The molecule has 0 heterocycles. The van der Waals surface area contributed by atoms with Gasteiger partial charge in [0.1, 0.15) is 12.4 Å². The summed E-state index contributed by atoms with van der Waals surface area (Å²) in [4.78, 5) is 10.8. The summed E-state index contributed by atoms with van der Waals surface area (Å²) in [5.41, 5.74) is -0.190. The van der Waals surface area contributed by atoms with Crippen molar-refractivity contribution in [1.29, 1.82) is 0 Å². The van der Waals surface area contributed by atoms with Gasteiger partial charge in [0.05, 0.1) is 5.60 Å². The molecule has 0 aliphatic carbocycles. The van der Waals surface area contributed by atoms with Crippen molar-refractivity contribution in [1.82, 2.24) is 0 Å². The van der Waals surface area contributed by atoms with Crippen molar-refractivity contribution in [2.24, 2.45) is 0 Å². The summed E-state index contributed by atoms with van der Waals surface area (Å²) in [5.74, 6) is 0.494. The van der Waals surface area contributed by atoms with Crippen molar-refractivity contribution >= 4 is 11.6 Å². The van der Waals surface area contributed by atoms with E-state index >= 15 is 0 Å². The maximum Gasteiger partial charge on any atom is 0.221 e. The van der Waals surface area contributed by atoms with Crippen molar-refractivity contribution in [2.45, 2.75) is 26.4 Å². The molecule has 4 nitrogen and oxygen atoms in total. The molecule has 1 aromatic rings. The number of hydrogen-bond donors (Lipinski definition) is 2. The fourth-order valence-corrected chi connectivity index (χ4v) is 1.13. The standard InChI is InChI=1S/C12H17NO3/c1-9(14)13-10-5-4-6-11(7-10)16-8-12(2,3)15/h4-7,15H,8H2,1-3H3,(H,13,14). The van der Waals surface area contributed by atoms with Gasteiger partial charge in [-0.3, -0.25) is 4.79 Å². The molecule has 16 heavy (non-hydrogen) atoms. The van der Waals surface area contributed by atoms with Crippen LogP contribution in [0.15, 0.2) is 24.3 Å². The molecule has 0 aliphatic rings. The fourth-order valence-electron chi connectivity index (χ4n) is 1.13. The maximum atomic E-state index is 10.8. The number of benzene rings is 1. The summed E-state index contributed by atoms with van der Waals surface area (Å²) in [5, 5.41) is 12.2. The van der Waals surface area contributed by atoms with Crippen molar-refractivity contribution in [2.75, 3.05) is 11.9 Å². The van der Waals surface area contributed by atoms with Gasteiger partial charge in [0.25, 0.3) is 0 Å². The van der Waals surface area contributed by atoms with E-state index in [0.29, 0.717) is 11.4 Å². The number of carbonyl (C=O) groups is 1. The van der Waals surface area contributed by atoms with Gasteiger partial charge in [0.15, 0.2) is 0 Å². The molecule has 1 rings (SSSR count). The number of aliphatic hydroxyl groups is 1. The van der Waals surface area contributed by atoms with Crippen LogP contribution < -0.4 is 10.1 Å². The van der Waals surface area contributed by atoms with Gasteiger partial charge in [-0.25, -0.2) is 0 Å². The molecule has 0 bridgehead atoms. The second kappa shape index (κ2) is 4.99. The van der Waals surface area contributed by atoms with E-state index in [2.05, 4.69) is 5.32 Å². The van der Waals surface area contributed by atoms with E-state index in [1.165, 1.54) is 6.92 Å². The highest BCUT2D eigenvalue weighted by atomic mass is 16.5. The maximum absolute atomic E-state index is 10.8. The van der Waals surface area contributed by atoms with E-state index in [1.54, 1.807) is 38.1 Å². The molecule has 0 radical (unpaired) electrons. The zero-order valence-electron chi connectivity index (χ0n) is 9.78. The highest BCUT2D eigenvalue weighted by Gasteiger charge is 2.13. The molecule has 0 saturated heterocycles. The average Bonchev–Trinajstić information content (AvgIpc) is 2.13. The van der Waals surface area contributed by atoms with Gasteiger partial charge >= 0.3 is 0 Å². The quantitative estimate of drug-likeness (QED) is 0.818. The largest absolute Gasteiger partial charge is 0.491 e. The van der Waals surface area contributed by atoms with Gasteiger partial charge in [-0.1, -0.05) is 6.07 Å². The lowest BCUT2D eigenvalue weighted by Gasteiger charge is -2.18. The lowest BCUT2D eigenvalue weighted by Crippen LogP contribution is -2.27. The molecule has 2 N–H and O–H groups in total. The minimum absolute atomic E-state index is 0.125. The summed E-state index contributed by atoms with van der Waals surface area (Å²) in [6.07, 6.45) is 0. The molecular formula is C12H17NO3. The van der Waals surface area contributed by atoms with Crippen LogP contribution in [0.1, 0.15) is 20.8 Å². The monoisotopic (exact) mass is 223 g/mol. The van der Waals surface area contributed by atoms with Crippen molar-refractivity contribution in [3.05, 3.63) is 24.3 Å². The van der Waals surface area contributed by atoms with Crippen LogP contribution in [0.3, 0.4) is 0 Å². The summed E-state index contributed by atoms with van der Waals surface area (Å²) in [6, 6.07) is 7.05. The minimum atomic E-state index is -0.871. The highest BCUT2D eigenvalue weighted by Crippen LogP contribution is 2.18. The van der Waals surface area contributed by atoms with Gasteiger partial charge in [-0.05, 0) is 26.0 Å². The lowest BCUT2D eigenvalue weighted by atomic mass is 10.2. The van der Waals surface area contributed by atoms with Crippen LogP contribution in [0.25, 0.3) is 0 Å². The van der Waals surface area contributed by atoms with Gasteiger partial charge in [-0.2, -0.15) is 0 Å². The Bertz CT molecular complexity index is 369. The molecular weight excluding hydrogens is 206 g/mol. The topological polar surface area (TPSA) is 58.6 Å². The normalized spacial score (nSPS) is 11.0. The number of hydrogen-bond acceptors (Lipinski definition) is 3. The number of ether oxygens (including phenoxy) is 1. The molecule has 0 aromatic heterocycles. The molecule has 0 saturated carbocycles. The Balaban J connectivity index is 2.64. The minimum Gasteiger partial charge on any atom is -0.491 e. The first-order chi connectivity index (χ1) is 7.37. The van der Waals surface area contributed by atoms with Crippen molar-refractivity contribution in [3.8, 4) is 5.75 Å². The molecule has 1 amide bonds. The Kier molecular flexibility index (Phi) is 3.90. The SMILES string of the molecule is CC(=O)Nc1cccc(OCC(C)(C)O)c1. The number of rotatable bonds is 4. The molecule has 4 heteroatoms. The zero-order valence-corrected chi connectivity index (χ0v) is 9.78. The summed E-state index contributed by atoms with van der Waals surface area (Å²) in [6.45, 7) is 5.00. The van der Waals surface area contributed by atoms with Crippen LogP contribution in [-0.4, -0.2) is 23.2 Å². The molecule has 0 fully saturated rings. The zero-order chi connectivity index (χ0) is 12.2. The van der Waals surface area contributed by atoms with Crippen molar-refractivity contribution in [3.63, 3.8) is 0 Å². The average molecular weight is 223 g/mol. The Labute approximate surface area is 95.2 Å². The molecule has 88 valence electrons. The Morgan fingerprint density at radius 3 is 2.75 bits per heavy atom. The van der Waals surface area contributed by atoms with Crippen LogP contribution in [0.5, 0.6) is 5.75 Å². The molecule has 0 unspecified atom stereocenters. The van der Waals surface area contributed by atoms with E-state index in [9.17, 15) is 9.90 Å². The second-order valence-electron chi connectivity index (χ2n) is 4.31. The van der Waals surface area contributed by atoms with E-state index in [1.807, 2.05) is 0 Å². The Morgan fingerprint density at radius 1 is 1.50 bits per heavy atom. The van der Waals surface area contributed by atoms with Crippen LogP contribution in [0.4, 0.5) is 5.69 Å². The Morgan fingerprint density at radius 2 is 2.19 bits per heavy atom. The van der Waals surface area contributed by atoms with Crippen LogP contribution >= 0.6 is 0 Å². The molecule has 1 aromatic carbocycles. The summed E-state index contributed by atoms with van der Waals surface area (Å²) >= 11 is 0. The number of carbonyl (C=O) groups excluding carboxylic acids is 1. The predicted molar refractivity (Wildman–Crippen MR) is 62.5 cm³/mol. The lowest BCUT2D eigenvalue weighted by molar-refractivity contribution is -0.114. The van der Waals surface area contributed by atoms with E-state index in [0.717, 1.165) is 0 Å². The first-order valence-electron chi connectivity index (χ1n) is 5.10. The summed E-state index contributed by atoms with van der Waals surface area (Å²) < 4.78 is 5.39. The van der Waals surface area contributed by atoms with E-state index in [-0.39, 0.29) is 12.5 Å². The molecule has 0 spiro atoms. The van der Waals surface area contributed by atoms with Crippen LogP contribution in [0, 0.1) is 0 Å². The van der Waals surface area contributed by atoms with Gasteiger partial charge in [0, 0.05) is 18.7 Å². The number of anilines is 1. The van der Waals surface area contributed by atoms with E-state index < -0.39 is 5.60 Å². The van der Waals surface area contributed by atoms with Gasteiger partial charge in [0.2, 0.25) is 5.91 Å². The van der Waals surface area contributed by atoms with Gasteiger partial charge in [-0.15, -0.1) is 0 Å². The number of nitrogens with one attached hydrogen (secondary N) is 1. The van der Waals surface area contributed by atoms with Crippen LogP contribution in [-0.2, 0) is 4.79 Å². The Hall–Kier alpha value is -1.55. The van der Waals surface area contributed by atoms with Crippen LogP contribution in [0.2, 0.25) is 0 Å². The highest BCUT2D eigenvalue weighted by molar-refractivity contribution is 5.88. The molecule has 0 aliphatic heterocycles. The molecule has 0 atom stereocenters. The predicted octanol–water partition coefficient (Wildman–Crippen LogP) is 1.79.